The van der Waals surface area contributed by atoms with Gasteiger partial charge >= 0.3 is 0 Å². The summed E-state index contributed by atoms with van der Waals surface area (Å²) in [6.45, 7) is 2.81. The second-order valence-electron chi connectivity index (χ2n) is 5.57. The maximum Gasteiger partial charge on any atom is 0.286 e. The van der Waals surface area contributed by atoms with E-state index >= 15 is 0 Å². The number of carbonyl (C=O) groups is 2. The fourth-order valence-corrected chi connectivity index (χ4v) is 3.98. The lowest BCUT2D eigenvalue weighted by molar-refractivity contribution is -0.119. The highest BCUT2D eigenvalue weighted by Gasteiger charge is 2.14. The van der Waals surface area contributed by atoms with Crippen molar-refractivity contribution >= 4 is 50.5 Å². The molecule has 26 heavy (non-hydrogen) atoms. The van der Waals surface area contributed by atoms with Crippen LogP contribution in [0.5, 0.6) is 0 Å². The Morgan fingerprint density at radius 2 is 2.04 bits per heavy atom. The molecule has 0 unspecified atom stereocenters. The molecule has 0 radical (unpaired) electrons. The minimum atomic E-state index is -0.377. The van der Waals surface area contributed by atoms with Crippen LogP contribution in [0.1, 0.15) is 17.4 Å². The van der Waals surface area contributed by atoms with E-state index in [1.807, 2.05) is 31.2 Å². The van der Waals surface area contributed by atoms with Crippen molar-refractivity contribution < 1.29 is 9.59 Å². The molecule has 0 aliphatic carbocycles. The van der Waals surface area contributed by atoms with E-state index < -0.39 is 0 Å². The van der Waals surface area contributed by atoms with Gasteiger partial charge in [0.25, 0.3) is 5.91 Å². The van der Waals surface area contributed by atoms with Gasteiger partial charge in [-0.3, -0.25) is 20.4 Å². The summed E-state index contributed by atoms with van der Waals surface area (Å²) >= 11 is 4.65. The number of fused-ring (bicyclic) bond motifs is 1. The van der Waals surface area contributed by atoms with Gasteiger partial charge in [-0.25, -0.2) is 4.98 Å². The average molecular weight is 436 g/mol. The molecule has 7 nitrogen and oxygen atoms in total. The first kappa shape index (κ1) is 18.5. The first-order valence-electron chi connectivity index (χ1n) is 7.98. The summed E-state index contributed by atoms with van der Waals surface area (Å²) in [5.41, 5.74) is 7.24. The van der Waals surface area contributed by atoms with Crippen molar-refractivity contribution in [3.8, 4) is 0 Å². The topological polar surface area (TPSA) is 81.0 Å². The van der Waals surface area contributed by atoms with Gasteiger partial charge in [-0.2, -0.15) is 0 Å². The average Bonchev–Trinajstić information content (AvgIpc) is 3.16. The molecule has 136 valence electrons. The van der Waals surface area contributed by atoms with Crippen LogP contribution < -0.4 is 10.9 Å². The second kappa shape index (κ2) is 7.96. The number of para-hydroxylation sites is 2. The van der Waals surface area contributed by atoms with E-state index in [0.29, 0.717) is 5.69 Å². The number of hydrazine groups is 1. The molecule has 0 bridgehead atoms. The zero-order chi connectivity index (χ0) is 18.7. The van der Waals surface area contributed by atoms with Crippen LogP contribution >= 0.6 is 27.7 Å². The first-order chi connectivity index (χ1) is 12.5. The summed E-state index contributed by atoms with van der Waals surface area (Å²) in [6, 6.07) is 9.54. The molecule has 2 amide bonds. The minimum absolute atomic E-state index is 0.153. The largest absolute Gasteiger partial charge is 0.345 e. The molecule has 3 rings (SSSR count). The number of imidazole rings is 1. The van der Waals surface area contributed by atoms with Gasteiger partial charge in [-0.05, 0) is 41.1 Å². The Balaban J connectivity index is 1.58. The molecule has 2 aromatic heterocycles. The van der Waals surface area contributed by atoms with Crippen molar-refractivity contribution in [2.45, 2.75) is 18.6 Å². The van der Waals surface area contributed by atoms with Crippen LogP contribution in [0, 0.1) is 0 Å². The van der Waals surface area contributed by atoms with Gasteiger partial charge in [0.15, 0.2) is 5.16 Å². The zero-order valence-corrected chi connectivity index (χ0v) is 16.7. The number of hydrogen-bond acceptors (Lipinski definition) is 4. The Labute approximate surface area is 163 Å². The second-order valence-corrected chi connectivity index (χ2v) is 7.43. The number of aromatic nitrogens is 3. The molecule has 1 aromatic carbocycles. The number of aryl methyl sites for hydroxylation is 2. The Hall–Kier alpha value is -2.26. The minimum Gasteiger partial charge on any atom is -0.345 e. The van der Waals surface area contributed by atoms with Gasteiger partial charge in [-0.1, -0.05) is 23.9 Å². The predicted molar refractivity (Wildman–Crippen MR) is 105 cm³/mol. The highest BCUT2D eigenvalue weighted by atomic mass is 79.9. The standard InChI is InChI=1S/C17H18BrN5O2S/c1-3-23-13-7-5-4-6-12(13)19-17(23)26-10-15(24)20-21-16(25)14-8-11(18)9-22(14)2/h4-9H,3,10H2,1-2H3,(H,20,24)(H,21,25). The lowest BCUT2D eigenvalue weighted by Crippen LogP contribution is -2.43. The van der Waals surface area contributed by atoms with E-state index in [1.54, 1.807) is 23.9 Å². The molecular weight excluding hydrogens is 418 g/mol. The molecule has 0 atom stereocenters. The molecule has 0 aliphatic heterocycles. The van der Waals surface area contributed by atoms with Crippen LogP contribution in [0.2, 0.25) is 0 Å². The highest BCUT2D eigenvalue weighted by molar-refractivity contribution is 9.10. The van der Waals surface area contributed by atoms with Crippen molar-refractivity contribution in [2.24, 2.45) is 7.05 Å². The van der Waals surface area contributed by atoms with E-state index in [1.165, 1.54) is 11.8 Å². The monoisotopic (exact) mass is 435 g/mol. The van der Waals surface area contributed by atoms with Crippen molar-refractivity contribution in [1.82, 2.24) is 25.0 Å². The normalized spacial score (nSPS) is 10.9. The summed E-state index contributed by atoms with van der Waals surface area (Å²) in [6.07, 6.45) is 1.77. The SMILES string of the molecule is CCn1c(SCC(=O)NNC(=O)c2cc(Br)cn2C)nc2ccccc21. The van der Waals surface area contributed by atoms with Crippen LogP contribution in [0.3, 0.4) is 0 Å². The van der Waals surface area contributed by atoms with Crippen LogP contribution in [-0.2, 0) is 18.4 Å². The fraction of sp³-hybridized carbons (Fsp3) is 0.235. The Morgan fingerprint density at radius 3 is 2.73 bits per heavy atom. The number of amides is 2. The maximum absolute atomic E-state index is 12.1. The molecule has 0 saturated heterocycles. The van der Waals surface area contributed by atoms with Gasteiger partial charge < -0.3 is 9.13 Å². The van der Waals surface area contributed by atoms with Crippen molar-refractivity contribution in [2.75, 3.05) is 5.75 Å². The zero-order valence-electron chi connectivity index (χ0n) is 14.3. The lowest BCUT2D eigenvalue weighted by atomic mass is 10.3. The summed E-state index contributed by atoms with van der Waals surface area (Å²) in [7, 11) is 1.76. The quantitative estimate of drug-likeness (QED) is 0.476. The Morgan fingerprint density at radius 1 is 1.27 bits per heavy atom. The molecule has 2 N–H and O–H groups in total. The number of nitrogens with one attached hydrogen (secondary N) is 2. The lowest BCUT2D eigenvalue weighted by Gasteiger charge is -2.08. The number of rotatable bonds is 5. The van der Waals surface area contributed by atoms with Crippen LogP contribution in [0.25, 0.3) is 11.0 Å². The van der Waals surface area contributed by atoms with Crippen molar-refractivity contribution in [3.63, 3.8) is 0 Å². The molecule has 0 spiro atoms. The van der Waals surface area contributed by atoms with Crippen LogP contribution in [0.4, 0.5) is 0 Å². The number of nitrogens with zero attached hydrogens (tertiary/aromatic N) is 3. The first-order valence-corrected chi connectivity index (χ1v) is 9.76. The summed E-state index contributed by atoms with van der Waals surface area (Å²) in [5, 5.41) is 0.779. The van der Waals surface area contributed by atoms with Gasteiger partial charge in [0.2, 0.25) is 5.91 Å². The third kappa shape index (κ3) is 3.94. The van der Waals surface area contributed by atoms with Gasteiger partial charge in [0, 0.05) is 24.3 Å². The number of thioether (sulfide) groups is 1. The van der Waals surface area contributed by atoms with E-state index in [2.05, 4.69) is 36.3 Å². The van der Waals surface area contributed by atoms with Crippen LogP contribution in [-0.4, -0.2) is 31.7 Å². The molecule has 0 saturated carbocycles. The molecule has 3 aromatic rings. The Kier molecular flexibility index (Phi) is 5.67. The van der Waals surface area contributed by atoms with Crippen molar-refractivity contribution in [3.05, 3.63) is 46.7 Å². The molecular formula is C17H18BrN5O2S. The number of benzene rings is 1. The smallest absolute Gasteiger partial charge is 0.286 e. The van der Waals surface area contributed by atoms with E-state index in [9.17, 15) is 9.59 Å². The number of hydrogen-bond donors (Lipinski definition) is 2. The van der Waals surface area contributed by atoms with Crippen molar-refractivity contribution in [1.29, 1.82) is 0 Å². The molecule has 9 heteroatoms. The summed E-state index contributed by atoms with van der Waals surface area (Å²) in [5.74, 6) is -0.524. The maximum atomic E-state index is 12.1. The molecule has 0 fully saturated rings. The molecule has 2 heterocycles. The van der Waals surface area contributed by atoms with Gasteiger partial charge in [0.1, 0.15) is 5.69 Å². The predicted octanol–water partition coefficient (Wildman–Crippen LogP) is 2.71. The Bertz CT molecular complexity index is 965. The fourth-order valence-electron chi connectivity index (χ4n) is 2.58. The van der Waals surface area contributed by atoms with Gasteiger partial charge in [0.05, 0.1) is 16.8 Å². The third-order valence-electron chi connectivity index (χ3n) is 3.79. The van der Waals surface area contributed by atoms with E-state index in [0.717, 1.165) is 27.2 Å². The van der Waals surface area contributed by atoms with E-state index in [4.69, 9.17) is 0 Å². The third-order valence-corrected chi connectivity index (χ3v) is 5.20. The number of carbonyl (C=O) groups excluding carboxylic acids is 2. The summed E-state index contributed by atoms with van der Waals surface area (Å²) < 4.78 is 4.53. The van der Waals surface area contributed by atoms with Gasteiger partial charge in [-0.15, -0.1) is 0 Å². The number of halogens is 1. The van der Waals surface area contributed by atoms with E-state index in [-0.39, 0.29) is 17.6 Å². The summed E-state index contributed by atoms with van der Waals surface area (Å²) in [4.78, 5) is 28.7. The van der Waals surface area contributed by atoms with Crippen LogP contribution in [0.15, 0.2) is 46.2 Å². The molecule has 0 aliphatic rings. The highest BCUT2D eigenvalue weighted by Crippen LogP contribution is 2.23.